The molecule has 27 heavy (non-hydrogen) atoms. The normalized spacial score (nSPS) is 20.4. The zero-order chi connectivity index (χ0) is 19.3. The van der Waals surface area contributed by atoms with Gasteiger partial charge in [-0.3, -0.25) is 9.59 Å². The molecule has 1 atom stereocenters. The maximum absolute atomic E-state index is 13.2. The van der Waals surface area contributed by atoms with E-state index in [1.165, 1.54) is 11.3 Å². The molecule has 0 unspecified atom stereocenters. The van der Waals surface area contributed by atoms with E-state index in [0.29, 0.717) is 27.7 Å². The highest BCUT2D eigenvalue weighted by Crippen LogP contribution is 2.35. The van der Waals surface area contributed by atoms with Crippen LogP contribution in [0.5, 0.6) is 0 Å². The van der Waals surface area contributed by atoms with Gasteiger partial charge in [0.2, 0.25) is 5.91 Å². The van der Waals surface area contributed by atoms with Crippen LogP contribution in [0.3, 0.4) is 0 Å². The molecule has 2 fully saturated rings. The van der Waals surface area contributed by atoms with Crippen molar-refractivity contribution in [3.63, 3.8) is 0 Å². The molecule has 1 aliphatic carbocycles. The van der Waals surface area contributed by atoms with E-state index in [0.717, 1.165) is 25.7 Å². The van der Waals surface area contributed by atoms with E-state index in [1.54, 1.807) is 9.58 Å². The first kappa shape index (κ1) is 18.4. The highest BCUT2D eigenvalue weighted by Gasteiger charge is 2.35. The van der Waals surface area contributed by atoms with Crippen molar-refractivity contribution in [3.05, 3.63) is 5.69 Å². The number of amides is 2. The number of nitrogens with zero attached hydrogens (tertiary/aromatic N) is 4. The van der Waals surface area contributed by atoms with Gasteiger partial charge >= 0.3 is 0 Å². The molecule has 1 saturated heterocycles. The number of aromatic nitrogens is 3. The molecule has 1 aliphatic heterocycles. The van der Waals surface area contributed by atoms with Gasteiger partial charge < -0.3 is 15.3 Å². The van der Waals surface area contributed by atoms with Gasteiger partial charge in [-0.1, -0.05) is 11.3 Å². The highest BCUT2D eigenvalue weighted by atomic mass is 32.1. The SMILES string of the molecule is CC(C)(C)n1nc(C(=O)N2CCC[C@H]2CO)c2sc(NC(=O)C3CC3)nc21. The Balaban J connectivity index is 1.73. The number of hydrogen-bond donors (Lipinski definition) is 2. The van der Waals surface area contributed by atoms with Gasteiger partial charge in [-0.05, 0) is 46.5 Å². The Hall–Kier alpha value is -2.00. The zero-order valence-electron chi connectivity index (χ0n) is 15.9. The fraction of sp³-hybridized carbons (Fsp3) is 0.667. The summed E-state index contributed by atoms with van der Waals surface area (Å²) in [4.78, 5) is 31.5. The summed E-state index contributed by atoms with van der Waals surface area (Å²) in [6.07, 6.45) is 3.53. The second-order valence-corrected chi connectivity index (χ2v) is 9.34. The number of hydrogen-bond acceptors (Lipinski definition) is 6. The lowest BCUT2D eigenvalue weighted by Gasteiger charge is -2.22. The molecular weight excluding hydrogens is 366 g/mol. The summed E-state index contributed by atoms with van der Waals surface area (Å²) in [7, 11) is 0. The summed E-state index contributed by atoms with van der Waals surface area (Å²) in [6, 6.07) is -0.158. The van der Waals surface area contributed by atoms with Crippen LogP contribution in [0, 0.1) is 5.92 Å². The number of aliphatic hydroxyl groups excluding tert-OH is 1. The van der Waals surface area contributed by atoms with Gasteiger partial charge in [0.05, 0.1) is 18.2 Å². The molecule has 1 saturated carbocycles. The number of rotatable bonds is 4. The molecule has 3 heterocycles. The van der Waals surface area contributed by atoms with Crippen LogP contribution in [0.1, 0.15) is 56.9 Å². The average Bonchev–Trinajstić information content (AvgIpc) is 3.05. The van der Waals surface area contributed by atoms with E-state index in [2.05, 4.69) is 15.4 Å². The van der Waals surface area contributed by atoms with Crippen molar-refractivity contribution >= 4 is 38.6 Å². The van der Waals surface area contributed by atoms with Crippen molar-refractivity contribution in [2.75, 3.05) is 18.5 Å². The van der Waals surface area contributed by atoms with Crippen LogP contribution in [0.4, 0.5) is 5.13 Å². The molecule has 146 valence electrons. The number of likely N-dealkylation sites (tertiary alicyclic amines) is 1. The monoisotopic (exact) mass is 391 g/mol. The van der Waals surface area contributed by atoms with Crippen molar-refractivity contribution in [2.24, 2.45) is 5.92 Å². The molecule has 0 spiro atoms. The number of anilines is 1. The number of thiazole rings is 1. The second kappa shape index (κ2) is 6.56. The van der Waals surface area contributed by atoms with E-state index < -0.39 is 0 Å². The van der Waals surface area contributed by atoms with E-state index in [-0.39, 0.29) is 35.9 Å². The highest BCUT2D eigenvalue weighted by molar-refractivity contribution is 7.22. The van der Waals surface area contributed by atoms with Crippen molar-refractivity contribution < 1.29 is 14.7 Å². The Morgan fingerprint density at radius 3 is 2.67 bits per heavy atom. The number of carbonyl (C=O) groups excluding carboxylic acids is 2. The molecule has 0 aromatic carbocycles. The fourth-order valence-corrected chi connectivity index (χ4v) is 4.37. The lowest BCUT2D eigenvalue weighted by atomic mass is 10.1. The molecule has 0 bridgehead atoms. The summed E-state index contributed by atoms with van der Waals surface area (Å²) in [5.41, 5.74) is 0.607. The third kappa shape index (κ3) is 3.34. The Bertz CT molecular complexity index is 893. The van der Waals surface area contributed by atoms with Gasteiger partial charge in [-0.25, -0.2) is 4.68 Å². The Morgan fingerprint density at radius 2 is 2.04 bits per heavy atom. The lowest BCUT2D eigenvalue weighted by Crippen LogP contribution is -2.38. The maximum atomic E-state index is 13.2. The summed E-state index contributed by atoms with van der Waals surface area (Å²) < 4.78 is 2.44. The van der Waals surface area contributed by atoms with E-state index >= 15 is 0 Å². The molecule has 4 rings (SSSR count). The van der Waals surface area contributed by atoms with Gasteiger partial charge in [0, 0.05) is 12.5 Å². The van der Waals surface area contributed by atoms with Crippen LogP contribution in [-0.4, -0.2) is 55.8 Å². The van der Waals surface area contributed by atoms with Crippen molar-refractivity contribution in [3.8, 4) is 0 Å². The smallest absolute Gasteiger partial charge is 0.276 e. The van der Waals surface area contributed by atoms with Crippen LogP contribution in [0.25, 0.3) is 10.3 Å². The number of nitrogens with one attached hydrogen (secondary N) is 1. The maximum Gasteiger partial charge on any atom is 0.276 e. The minimum absolute atomic E-state index is 0.00515. The third-order valence-corrected chi connectivity index (χ3v) is 6.06. The predicted octanol–water partition coefficient (Wildman–Crippen LogP) is 2.19. The van der Waals surface area contributed by atoms with Gasteiger partial charge in [0.1, 0.15) is 4.70 Å². The number of aliphatic hydroxyl groups is 1. The summed E-state index contributed by atoms with van der Waals surface area (Å²) in [5, 5.41) is 17.5. The molecule has 0 radical (unpaired) electrons. The van der Waals surface area contributed by atoms with Gasteiger partial charge in [-0.15, -0.1) is 0 Å². The van der Waals surface area contributed by atoms with E-state index in [4.69, 9.17) is 0 Å². The molecule has 2 aromatic rings. The van der Waals surface area contributed by atoms with Crippen LogP contribution in [-0.2, 0) is 10.3 Å². The Labute approximate surface area is 161 Å². The van der Waals surface area contributed by atoms with Crippen molar-refractivity contribution in [1.29, 1.82) is 0 Å². The van der Waals surface area contributed by atoms with Crippen LogP contribution in [0.15, 0.2) is 0 Å². The first-order valence-electron chi connectivity index (χ1n) is 9.42. The molecule has 8 nitrogen and oxygen atoms in total. The van der Waals surface area contributed by atoms with E-state index in [1.807, 2.05) is 20.8 Å². The van der Waals surface area contributed by atoms with Gasteiger partial charge in [0.15, 0.2) is 16.5 Å². The number of fused-ring (bicyclic) bond motifs is 1. The Kier molecular flexibility index (Phi) is 4.46. The molecule has 2 aliphatic rings. The topological polar surface area (TPSA) is 100 Å². The van der Waals surface area contributed by atoms with E-state index in [9.17, 15) is 14.7 Å². The third-order valence-electron chi connectivity index (χ3n) is 5.09. The average molecular weight is 391 g/mol. The largest absolute Gasteiger partial charge is 0.394 e. The molecule has 2 amide bonds. The Morgan fingerprint density at radius 1 is 1.30 bits per heavy atom. The predicted molar refractivity (Wildman–Crippen MR) is 103 cm³/mol. The minimum atomic E-state index is -0.357. The van der Waals surface area contributed by atoms with Crippen LogP contribution >= 0.6 is 11.3 Å². The van der Waals surface area contributed by atoms with Crippen LogP contribution in [0.2, 0.25) is 0 Å². The fourth-order valence-electron chi connectivity index (χ4n) is 3.45. The first-order valence-corrected chi connectivity index (χ1v) is 10.2. The first-order chi connectivity index (χ1) is 12.8. The second-order valence-electron chi connectivity index (χ2n) is 8.34. The van der Waals surface area contributed by atoms with Gasteiger partial charge in [0.25, 0.3) is 5.91 Å². The molecule has 2 N–H and O–H groups in total. The van der Waals surface area contributed by atoms with Gasteiger partial charge in [-0.2, -0.15) is 10.1 Å². The zero-order valence-corrected chi connectivity index (χ0v) is 16.7. The lowest BCUT2D eigenvalue weighted by molar-refractivity contribution is -0.117. The molecular formula is C18H25N5O3S. The van der Waals surface area contributed by atoms with Crippen LogP contribution < -0.4 is 5.32 Å². The summed E-state index contributed by atoms with van der Waals surface area (Å²) in [6.45, 7) is 6.59. The quantitative estimate of drug-likeness (QED) is 0.832. The minimum Gasteiger partial charge on any atom is -0.394 e. The van der Waals surface area contributed by atoms with Crippen molar-refractivity contribution in [1.82, 2.24) is 19.7 Å². The summed E-state index contributed by atoms with van der Waals surface area (Å²) >= 11 is 1.29. The molecule has 2 aromatic heterocycles. The molecule has 9 heteroatoms. The number of carbonyl (C=O) groups is 2. The summed E-state index contributed by atoms with van der Waals surface area (Å²) in [5.74, 6) is -0.0927. The standard InChI is InChI=1S/C18H25N5O3S/c1-18(2,3)23-14-13(27-17(19-14)20-15(25)10-6-7-10)12(21-23)16(26)22-8-4-5-11(22)9-24/h10-11,24H,4-9H2,1-3H3,(H,19,20,25)/t11-/m0/s1. The van der Waals surface area contributed by atoms with Crippen molar-refractivity contribution in [2.45, 2.75) is 58.0 Å².